The molecule has 2 fully saturated rings. The zero-order valence-corrected chi connectivity index (χ0v) is 21.8. The first kappa shape index (κ1) is 24.6. The van der Waals surface area contributed by atoms with E-state index in [1.165, 1.54) is 75.3 Å². The maximum Gasteiger partial charge on any atom is 0.127 e. The van der Waals surface area contributed by atoms with Crippen molar-refractivity contribution in [1.82, 2.24) is 0 Å². The van der Waals surface area contributed by atoms with Crippen molar-refractivity contribution in [3.05, 3.63) is 42.5 Å². The second kappa shape index (κ2) is 12.8. The molecule has 0 heterocycles. The monoisotopic (exact) mass is 466 g/mol. The Kier molecular flexibility index (Phi) is 9.54. The van der Waals surface area contributed by atoms with Crippen LogP contribution in [0.5, 0.6) is 11.5 Å². The third-order valence-corrected chi connectivity index (χ3v) is 10.8. The number of rotatable bonds is 10. The summed E-state index contributed by atoms with van der Waals surface area (Å²) in [4.78, 5) is 0. The average molecular weight is 467 g/mol. The SMILES string of the molecule is CCCOc1ccccc1-c1c(OCCC)cccc1P(C1CCCCC1)C1CCCCC1. The molecule has 0 radical (unpaired) electrons. The topological polar surface area (TPSA) is 18.5 Å². The van der Waals surface area contributed by atoms with Gasteiger partial charge < -0.3 is 9.47 Å². The van der Waals surface area contributed by atoms with Crippen LogP contribution in [0.3, 0.4) is 0 Å². The fraction of sp³-hybridized carbons (Fsp3) is 0.600. The predicted molar refractivity (Wildman–Crippen MR) is 144 cm³/mol. The van der Waals surface area contributed by atoms with Gasteiger partial charge >= 0.3 is 0 Å². The molecule has 2 aromatic carbocycles. The van der Waals surface area contributed by atoms with E-state index in [2.05, 4.69) is 56.3 Å². The van der Waals surface area contributed by atoms with Crippen LogP contribution in [0, 0.1) is 0 Å². The van der Waals surface area contributed by atoms with Crippen molar-refractivity contribution in [1.29, 1.82) is 0 Å². The Morgan fingerprint density at radius 1 is 0.667 bits per heavy atom. The van der Waals surface area contributed by atoms with Crippen molar-refractivity contribution in [3.8, 4) is 22.6 Å². The summed E-state index contributed by atoms with van der Waals surface area (Å²) in [7, 11) is -0.229. The van der Waals surface area contributed by atoms with Gasteiger partial charge in [0.2, 0.25) is 0 Å². The summed E-state index contributed by atoms with van der Waals surface area (Å²) >= 11 is 0. The van der Waals surface area contributed by atoms with E-state index in [0.717, 1.165) is 48.9 Å². The highest BCUT2D eigenvalue weighted by Gasteiger charge is 2.35. The van der Waals surface area contributed by atoms with Crippen LogP contribution in [0.1, 0.15) is 90.9 Å². The molecule has 33 heavy (non-hydrogen) atoms. The van der Waals surface area contributed by atoms with E-state index in [9.17, 15) is 0 Å². The third kappa shape index (κ3) is 6.13. The van der Waals surface area contributed by atoms with Crippen LogP contribution in [0.2, 0.25) is 0 Å². The van der Waals surface area contributed by atoms with Gasteiger partial charge in [-0.3, -0.25) is 0 Å². The molecule has 2 nitrogen and oxygen atoms in total. The van der Waals surface area contributed by atoms with E-state index in [4.69, 9.17) is 9.47 Å². The van der Waals surface area contributed by atoms with Gasteiger partial charge in [0.1, 0.15) is 11.5 Å². The lowest BCUT2D eigenvalue weighted by Crippen LogP contribution is -2.27. The molecule has 0 N–H and O–H groups in total. The number of hydrogen-bond donors (Lipinski definition) is 0. The van der Waals surface area contributed by atoms with Gasteiger partial charge in [-0.05, 0) is 67.3 Å². The minimum absolute atomic E-state index is 0.229. The molecule has 0 spiro atoms. The molecule has 3 heteroatoms. The van der Waals surface area contributed by atoms with Gasteiger partial charge in [0, 0.05) is 11.1 Å². The lowest BCUT2D eigenvalue weighted by molar-refractivity contribution is 0.314. The Bertz CT molecular complexity index is 834. The Balaban J connectivity index is 1.84. The number of hydrogen-bond acceptors (Lipinski definition) is 2. The molecule has 0 atom stereocenters. The van der Waals surface area contributed by atoms with E-state index in [1.807, 2.05) is 0 Å². The summed E-state index contributed by atoms with van der Waals surface area (Å²) in [5, 5.41) is 1.59. The molecule has 2 aromatic rings. The molecule has 0 bridgehead atoms. The number of benzene rings is 2. The maximum atomic E-state index is 6.42. The predicted octanol–water partition coefficient (Wildman–Crippen LogP) is 8.70. The second-order valence-electron chi connectivity index (χ2n) is 9.83. The zero-order valence-electron chi connectivity index (χ0n) is 20.9. The highest BCUT2D eigenvalue weighted by atomic mass is 31.1. The van der Waals surface area contributed by atoms with Gasteiger partial charge in [0.25, 0.3) is 0 Å². The molecule has 0 aromatic heterocycles. The number of ether oxygens (including phenoxy) is 2. The van der Waals surface area contributed by atoms with E-state index >= 15 is 0 Å². The van der Waals surface area contributed by atoms with Gasteiger partial charge in [-0.2, -0.15) is 0 Å². The minimum Gasteiger partial charge on any atom is -0.493 e. The highest BCUT2D eigenvalue weighted by Crippen LogP contribution is 2.57. The van der Waals surface area contributed by atoms with Crippen LogP contribution in [0.4, 0.5) is 0 Å². The quantitative estimate of drug-likeness (QED) is 0.326. The van der Waals surface area contributed by atoms with Crippen LogP contribution in [-0.2, 0) is 0 Å². The van der Waals surface area contributed by atoms with E-state index in [-0.39, 0.29) is 7.92 Å². The smallest absolute Gasteiger partial charge is 0.127 e. The van der Waals surface area contributed by atoms with Gasteiger partial charge in [0.05, 0.1) is 13.2 Å². The molecule has 2 saturated carbocycles. The molecule has 0 unspecified atom stereocenters. The Hall–Kier alpha value is -1.53. The number of para-hydroxylation sites is 1. The summed E-state index contributed by atoms with van der Waals surface area (Å²) < 4.78 is 12.7. The van der Waals surface area contributed by atoms with Crippen LogP contribution >= 0.6 is 7.92 Å². The van der Waals surface area contributed by atoms with Crippen molar-refractivity contribution in [2.24, 2.45) is 0 Å². The average Bonchev–Trinajstić information content (AvgIpc) is 2.88. The van der Waals surface area contributed by atoms with Crippen molar-refractivity contribution >= 4 is 13.2 Å². The van der Waals surface area contributed by atoms with Gasteiger partial charge in [-0.15, -0.1) is 0 Å². The lowest BCUT2D eigenvalue weighted by Gasteiger charge is -2.40. The van der Waals surface area contributed by atoms with Crippen molar-refractivity contribution in [3.63, 3.8) is 0 Å². The third-order valence-electron chi connectivity index (χ3n) is 7.30. The summed E-state index contributed by atoms with van der Waals surface area (Å²) in [5.41, 5.74) is 4.29. The van der Waals surface area contributed by atoms with Crippen LogP contribution in [0.25, 0.3) is 11.1 Å². The van der Waals surface area contributed by atoms with Crippen LogP contribution in [-0.4, -0.2) is 24.5 Å². The molecule has 0 amide bonds. The van der Waals surface area contributed by atoms with Gasteiger partial charge in [-0.25, -0.2) is 0 Å². The summed E-state index contributed by atoms with van der Waals surface area (Å²) in [6.45, 7) is 5.89. The molecular weight excluding hydrogens is 423 g/mol. The van der Waals surface area contributed by atoms with Crippen molar-refractivity contribution in [2.45, 2.75) is 102 Å². The normalized spacial score (nSPS) is 17.9. The fourth-order valence-electron chi connectivity index (χ4n) is 5.76. The maximum absolute atomic E-state index is 6.42. The Morgan fingerprint density at radius 2 is 1.21 bits per heavy atom. The standard InChI is InChI=1S/C30H43O2P/c1-3-22-31-27-19-12-11-18-26(27)30-28(32-23-4-2)20-13-21-29(30)33(24-14-7-5-8-15-24)25-16-9-6-10-17-25/h11-13,18-21,24-25H,3-10,14-17,22-23H2,1-2H3. The second-order valence-corrected chi connectivity index (χ2v) is 12.6. The molecular formula is C30H43O2P. The zero-order chi connectivity index (χ0) is 22.9. The lowest BCUT2D eigenvalue weighted by atomic mass is 9.99. The summed E-state index contributed by atoms with van der Waals surface area (Å²) in [6, 6.07) is 15.6. The van der Waals surface area contributed by atoms with Crippen LogP contribution in [0.15, 0.2) is 42.5 Å². The van der Waals surface area contributed by atoms with Gasteiger partial charge in [0.15, 0.2) is 0 Å². The van der Waals surface area contributed by atoms with Crippen LogP contribution < -0.4 is 14.8 Å². The molecule has 4 rings (SSSR count). The Morgan fingerprint density at radius 3 is 1.82 bits per heavy atom. The molecule has 0 aliphatic heterocycles. The van der Waals surface area contributed by atoms with Gasteiger partial charge in [-0.1, -0.05) is 90.6 Å². The van der Waals surface area contributed by atoms with Crippen molar-refractivity contribution in [2.75, 3.05) is 13.2 Å². The Labute approximate surface area is 203 Å². The molecule has 2 aliphatic rings. The van der Waals surface area contributed by atoms with E-state index in [0.29, 0.717) is 0 Å². The molecule has 2 aliphatic carbocycles. The molecule has 0 saturated heterocycles. The minimum atomic E-state index is -0.229. The molecule has 180 valence electrons. The van der Waals surface area contributed by atoms with E-state index < -0.39 is 0 Å². The van der Waals surface area contributed by atoms with Crippen molar-refractivity contribution < 1.29 is 9.47 Å². The summed E-state index contributed by atoms with van der Waals surface area (Å²) in [5.74, 6) is 2.07. The first-order chi connectivity index (χ1) is 16.3. The highest BCUT2D eigenvalue weighted by molar-refractivity contribution is 7.67. The first-order valence-electron chi connectivity index (χ1n) is 13.6. The first-order valence-corrected chi connectivity index (χ1v) is 15.1. The van der Waals surface area contributed by atoms with E-state index in [1.54, 1.807) is 5.30 Å². The fourth-order valence-corrected chi connectivity index (χ4v) is 9.73. The largest absolute Gasteiger partial charge is 0.493 e. The summed E-state index contributed by atoms with van der Waals surface area (Å²) in [6.07, 6.45) is 16.2.